The highest BCUT2D eigenvalue weighted by atomic mass is 32.2. The molecular formula is C41H48FN5O8S. The first-order valence-corrected chi connectivity index (χ1v) is 20.6. The molecule has 0 spiro atoms. The summed E-state index contributed by atoms with van der Waals surface area (Å²) >= 11 is 1.43. The summed E-state index contributed by atoms with van der Waals surface area (Å²) in [7, 11) is 0. The summed E-state index contributed by atoms with van der Waals surface area (Å²) < 4.78 is 25.8. The molecule has 4 N–H and O–H groups in total. The number of hydrogen-bond acceptors (Lipinski definition) is 12. The Morgan fingerprint density at radius 2 is 2.04 bits per heavy atom. The number of carbonyl (C=O) groups is 5. The molecule has 298 valence electrons. The van der Waals surface area contributed by atoms with Crippen LogP contribution >= 0.6 is 11.8 Å². The fourth-order valence-electron chi connectivity index (χ4n) is 8.58. The number of cyclic esters (lactones) is 1. The first kappa shape index (κ1) is 39.8. The Morgan fingerprint density at radius 1 is 1.21 bits per heavy atom. The largest absolute Gasteiger partial charge is 0.458 e. The van der Waals surface area contributed by atoms with Gasteiger partial charge in [0, 0.05) is 53.9 Å². The van der Waals surface area contributed by atoms with E-state index in [0.717, 1.165) is 31.2 Å². The van der Waals surface area contributed by atoms with Crippen LogP contribution in [0.25, 0.3) is 5.57 Å². The van der Waals surface area contributed by atoms with E-state index in [9.17, 15) is 33.5 Å². The summed E-state index contributed by atoms with van der Waals surface area (Å²) in [5.41, 5.74) is 2.02. The number of thioether (sulfide) groups is 1. The van der Waals surface area contributed by atoms with Crippen molar-refractivity contribution in [2.24, 2.45) is 5.92 Å². The molecule has 1 aromatic rings. The highest BCUT2D eigenvalue weighted by molar-refractivity contribution is 8.00. The minimum Gasteiger partial charge on any atom is -0.458 e. The van der Waals surface area contributed by atoms with Crippen molar-refractivity contribution in [1.82, 2.24) is 20.5 Å². The van der Waals surface area contributed by atoms with E-state index >= 15 is 0 Å². The second kappa shape index (κ2) is 16.6. The minimum atomic E-state index is -1.96. The van der Waals surface area contributed by atoms with Crippen LogP contribution in [0.5, 0.6) is 0 Å². The molecule has 0 bridgehead atoms. The zero-order chi connectivity index (χ0) is 39.7. The molecule has 13 nitrogen and oxygen atoms in total. The van der Waals surface area contributed by atoms with Crippen LogP contribution < -0.4 is 16.0 Å². The standard InChI is InChI=1S/C41H48FN5O8S/c1-4-41(53)28-15-25-35-37(46-36(25)38(50)27(28)19-55-40(41)52)34-26(18-44-35)24-16-29(42)22(2)13-23(24)14-30(34)45-32(48)20-54-21-43-11-9-7-5-6-8-10-12-47-33(49)17-31(56-3)39(47)51/h7,9,13,15-16,18,23-24,30-31,36,43,46,53H,4-6,8,10-12,14,17,19-21H2,1-3H3,(H,45,48)/t23?,24?,30-,31?,36?,41-/m0/s1. The predicted molar refractivity (Wildman–Crippen MR) is 208 cm³/mol. The average molecular weight is 790 g/mol. The van der Waals surface area contributed by atoms with Gasteiger partial charge in [0.2, 0.25) is 17.7 Å². The van der Waals surface area contributed by atoms with Crippen LogP contribution in [0.2, 0.25) is 0 Å². The number of nitrogens with zero attached hydrogens (tertiary/aromatic N) is 2. The number of carbonyl (C=O) groups excluding carboxylic acids is 5. The molecule has 1 saturated heterocycles. The lowest BCUT2D eigenvalue weighted by Gasteiger charge is -2.38. The number of imide groups is 1. The number of allylic oxidation sites excluding steroid dienone is 5. The number of ether oxygens (including phenoxy) is 2. The number of aromatic nitrogens is 1. The summed E-state index contributed by atoms with van der Waals surface area (Å²) in [6, 6.07) is -1.34. The fraction of sp³-hybridized carbons (Fsp3) is 0.512. The second-order valence-electron chi connectivity index (χ2n) is 15.1. The van der Waals surface area contributed by atoms with Gasteiger partial charge in [-0.25, -0.2) is 9.18 Å². The Balaban J connectivity index is 0.948. The molecule has 6 aliphatic rings. The molecule has 0 aromatic carbocycles. The van der Waals surface area contributed by atoms with Gasteiger partial charge in [0.15, 0.2) is 11.4 Å². The van der Waals surface area contributed by atoms with Crippen molar-refractivity contribution in [2.75, 3.05) is 44.6 Å². The maximum absolute atomic E-state index is 15.0. The quantitative estimate of drug-likeness (QED) is 0.0660. The van der Waals surface area contributed by atoms with E-state index < -0.39 is 23.7 Å². The first-order valence-electron chi connectivity index (χ1n) is 19.3. The van der Waals surface area contributed by atoms with E-state index in [2.05, 4.69) is 22.0 Å². The number of anilines is 1. The normalized spacial score (nSPS) is 27.8. The molecule has 15 heteroatoms. The topological polar surface area (TPSA) is 176 Å². The van der Waals surface area contributed by atoms with Gasteiger partial charge in [0.1, 0.15) is 25.1 Å². The first-order chi connectivity index (χ1) is 27.0. The molecule has 1 fully saturated rings. The van der Waals surface area contributed by atoms with Gasteiger partial charge in [-0.3, -0.25) is 34.4 Å². The number of rotatable bonds is 15. The minimum absolute atomic E-state index is 0.0237. The Kier molecular flexibility index (Phi) is 11.8. The molecular weight excluding hydrogens is 742 g/mol. The van der Waals surface area contributed by atoms with Gasteiger partial charge in [-0.05, 0) is 74.5 Å². The fourth-order valence-corrected chi connectivity index (χ4v) is 9.22. The Bertz CT molecular complexity index is 1990. The summed E-state index contributed by atoms with van der Waals surface area (Å²) in [4.78, 5) is 70.2. The van der Waals surface area contributed by atoms with Crippen LogP contribution in [-0.4, -0.2) is 101 Å². The molecule has 1 aromatic heterocycles. The number of esters is 1. The number of pyridine rings is 1. The third kappa shape index (κ3) is 7.41. The van der Waals surface area contributed by atoms with E-state index in [-0.39, 0.29) is 83.9 Å². The van der Waals surface area contributed by atoms with Gasteiger partial charge >= 0.3 is 5.97 Å². The molecule has 56 heavy (non-hydrogen) atoms. The summed E-state index contributed by atoms with van der Waals surface area (Å²) in [5, 5.41) is 20.6. The second-order valence-corrected chi connectivity index (χ2v) is 16.1. The monoisotopic (exact) mass is 789 g/mol. The average Bonchev–Trinajstić information content (AvgIpc) is 3.70. The van der Waals surface area contributed by atoms with Crippen molar-refractivity contribution in [3.8, 4) is 0 Å². The third-order valence-corrected chi connectivity index (χ3v) is 12.6. The smallest absolute Gasteiger partial charge is 0.343 e. The van der Waals surface area contributed by atoms with Gasteiger partial charge < -0.3 is 25.2 Å². The Hall–Kier alpha value is -4.44. The van der Waals surface area contributed by atoms with Gasteiger partial charge in [-0.15, -0.1) is 0 Å². The van der Waals surface area contributed by atoms with Crippen LogP contribution in [0.4, 0.5) is 10.1 Å². The van der Waals surface area contributed by atoms with Gasteiger partial charge in [-0.2, -0.15) is 11.8 Å². The van der Waals surface area contributed by atoms with Crippen LogP contribution in [0.1, 0.15) is 87.6 Å². The Morgan fingerprint density at radius 3 is 2.80 bits per heavy atom. The number of Topliss-reactive ketones (excluding diaryl/α,β-unsaturated/α-hetero) is 1. The van der Waals surface area contributed by atoms with Crippen molar-refractivity contribution < 1.29 is 42.9 Å². The zero-order valence-corrected chi connectivity index (χ0v) is 32.6. The lowest BCUT2D eigenvalue weighted by Crippen LogP contribution is -2.49. The van der Waals surface area contributed by atoms with Crippen LogP contribution in [0.3, 0.4) is 0 Å². The van der Waals surface area contributed by atoms with Gasteiger partial charge in [0.05, 0.1) is 29.4 Å². The van der Waals surface area contributed by atoms with Crippen molar-refractivity contribution in [1.29, 1.82) is 0 Å². The number of amides is 3. The van der Waals surface area contributed by atoms with E-state index in [1.54, 1.807) is 32.2 Å². The van der Waals surface area contributed by atoms with E-state index in [0.29, 0.717) is 54.0 Å². The molecule has 3 aliphatic heterocycles. The number of aliphatic hydroxyl groups is 1. The molecule has 3 aliphatic carbocycles. The summed E-state index contributed by atoms with van der Waals surface area (Å²) in [6.07, 6.45) is 17.1. The highest BCUT2D eigenvalue weighted by Gasteiger charge is 2.51. The number of hydrogen-bond donors (Lipinski definition) is 4. The van der Waals surface area contributed by atoms with Crippen LogP contribution in [-0.2, 0) is 33.4 Å². The maximum atomic E-state index is 15.0. The van der Waals surface area contributed by atoms with Crippen molar-refractivity contribution in [3.05, 3.63) is 75.9 Å². The number of unbranched alkanes of at least 4 members (excludes halogenated alkanes) is 3. The van der Waals surface area contributed by atoms with Crippen molar-refractivity contribution in [2.45, 2.75) is 87.6 Å². The molecule has 6 atom stereocenters. The number of nitrogens with one attached hydrogen (secondary N) is 3. The SMILES string of the molecule is CC[C@@]1(O)C(=O)OCC2=C1C=C1c3ncc4c(c3NC1C2=O)[C@@H](NC(=O)COCNCC=CCCCCCN1C(=O)CC(SC)C1=O)CC1C=C(C)C(F)=CC41. The van der Waals surface area contributed by atoms with Crippen molar-refractivity contribution in [3.63, 3.8) is 0 Å². The number of halogens is 1. The van der Waals surface area contributed by atoms with Crippen LogP contribution in [0, 0.1) is 5.92 Å². The third-order valence-electron chi connectivity index (χ3n) is 11.6. The number of likely N-dealkylation sites (tertiary alicyclic amines) is 1. The Labute approximate surface area is 329 Å². The predicted octanol–water partition coefficient (Wildman–Crippen LogP) is 4.08. The summed E-state index contributed by atoms with van der Waals surface area (Å²) in [6.45, 7) is 4.11. The summed E-state index contributed by atoms with van der Waals surface area (Å²) in [5.74, 6) is -2.36. The van der Waals surface area contributed by atoms with Crippen LogP contribution in [0.15, 0.2) is 59.1 Å². The lowest BCUT2D eigenvalue weighted by atomic mass is 9.70. The molecule has 0 radical (unpaired) electrons. The maximum Gasteiger partial charge on any atom is 0.343 e. The number of ketones is 1. The molecule has 7 rings (SSSR count). The molecule has 3 amide bonds. The van der Waals surface area contributed by atoms with E-state index in [1.807, 2.05) is 18.4 Å². The molecule has 0 saturated carbocycles. The molecule has 4 unspecified atom stereocenters. The van der Waals surface area contributed by atoms with Crippen molar-refractivity contribution >= 4 is 52.5 Å². The van der Waals surface area contributed by atoms with Gasteiger partial charge in [0.25, 0.3) is 0 Å². The zero-order valence-electron chi connectivity index (χ0n) is 31.8. The van der Waals surface area contributed by atoms with Gasteiger partial charge in [-0.1, -0.05) is 31.6 Å². The molecule has 4 heterocycles. The van der Waals surface area contributed by atoms with E-state index in [1.165, 1.54) is 16.7 Å². The highest BCUT2D eigenvalue weighted by Crippen LogP contribution is 2.53. The van der Waals surface area contributed by atoms with E-state index in [4.69, 9.17) is 14.5 Å². The lowest BCUT2D eigenvalue weighted by molar-refractivity contribution is -0.163. The number of fused-ring (bicyclic) bond motifs is 7.